The maximum Gasteiger partial charge on any atom is 0.226 e. The van der Waals surface area contributed by atoms with Crippen LogP contribution in [-0.4, -0.2) is 28.7 Å². The van der Waals surface area contributed by atoms with Crippen LogP contribution in [0.4, 0.5) is 0 Å². The van der Waals surface area contributed by atoms with Crippen molar-refractivity contribution in [2.24, 2.45) is 11.8 Å². The Kier molecular flexibility index (Phi) is 3.70. The van der Waals surface area contributed by atoms with Gasteiger partial charge in [-0.3, -0.25) is 4.79 Å². The van der Waals surface area contributed by atoms with Crippen LogP contribution in [0.25, 0.3) is 0 Å². The zero-order valence-electron chi connectivity index (χ0n) is 9.42. The highest BCUT2D eigenvalue weighted by atomic mass is 79.9. The number of halogens is 1. The zero-order chi connectivity index (χ0) is 10.8. The van der Waals surface area contributed by atoms with Gasteiger partial charge in [0.2, 0.25) is 5.91 Å². The first-order valence-electron chi connectivity index (χ1n) is 6.10. The molecule has 0 aromatic heterocycles. The predicted octanol–water partition coefficient (Wildman–Crippen LogP) is 2.81. The van der Waals surface area contributed by atoms with E-state index < -0.39 is 0 Å². The molecule has 0 heterocycles. The fourth-order valence-electron chi connectivity index (χ4n) is 2.28. The van der Waals surface area contributed by atoms with Gasteiger partial charge in [0.1, 0.15) is 0 Å². The van der Waals surface area contributed by atoms with E-state index in [9.17, 15) is 4.79 Å². The Morgan fingerprint density at radius 2 is 2.13 bits per heavy atom. The summed E-state index contributed by atoms with van der Waals surface area (Å²) in [6, 6.07) is 0.573. The van der Waals surface area contributed by atoms with Crippen molar-refractivity contribution < 1.29 is 4.79 Å². The molecular formula is C12H20BrNO. The molecule has 0 spiro atoms. The molecule has 0 aromatic rings. The van der Waals surface area contributed by atoms with E-state index in [1.165, 1.54) is 19.3 Å². The third-order valence-electron chi connectivity index (χ3n) is 3.76. The van der Waals surface area contributed by atoms with E-state index in [0.717, 1.165) is 24.7 Å². The Morgan fingerprint density at radius 1 is 1.47 bits per heavy atom. The average Bonchev–Trinajstić information content (AvgIpc) is 2.85. The van der Waals surface area contributed by atoms with Gasteiger partial charge in [0, 0.05) is 23.8 Å². The molecule has 2 rings (SSSR count). The lowest BCUT2D eigenvalue weighted by Gasteiger charge is -2.38. The molecule has 0 aromatic carbocycles. The van der Waals surface area contributed by atoms with Crippen LogP contribution in [0.15, 0.2) is 0 Å². The fraction of sp³-hybridized carbons (Fsp3) is 0.917. The number of hydrogen-bond acceptors (Lipinski definition) is 1. The number of amides is 1. The molecule has 2 atom stereocenters. The molecule has 0 aliphatic heterocycles. The van der Waals surface area contributed by atoms with Crippen molar-refractivity contribution in [3.63, 3.8) is 0 Å². The van der Waals surface area contributed by atoms with Gasteiger partial charge in [0.25, 0.3) is 0 Å². The lowest BCUT2D eigenvalue weighted by molar-refractivity contribution is -0.137. The Bertz CT molecular complexity index is 240. The summed E-state index contributed by atoms with van der Waals surface area (Å²) in [5.41, 5.74) is 0. The maximum absolute atomic E-state index is 12.2. The van der Waals surface area contributed by atoms with Gasteiger partial charge in [-0.1, -0.05) is 22.9 Å². The molecule has 2 aliphatic carbocycles. The van der Waals surface area contributed by atoms with Crippen LogP contribution in [0.5, 0.6) is 0 Å². The van der Waals surface area contributed by atoms with Crippen LogP contribution in [0.1, 0.15) is 39.0 Å². The Hall–Kier alpha value is -0.0500. The van der Waals surface area contributed by atoms with Crippen LogP contribution >= 0.6 is 15.9 Å². The van der Waals surface area contributed by atoms with E-state index in [1.807, 2.05) is 0 Å². The van der Waals surface area contributed by atoms with Crippen molar-refractivity contribution in [1.82, 2.24) is 4.90 Å². The fourth-order valence-corrected chi connectivity index (χ4v) is 2.53. The molecule has 3 heteroatoms. The molecule has 0 N–H and O–H groups in total. The minimum atomic E-state index is 0.362. The van der Waals surface area contributed by atoms with Gasteiger partial charge in [0.15, 0.2) is 0 Å². The van der Waals surface area contributed by atoms with E-state index in [0.29, 0.717) is 23.8 Å². The third-order valence-corrected chi connectivity index (χ3v) is 4.32. The van der Waals surface area contributed by atoms with E-state index in [2.05, 4.69) is 27.8 Å². The molecule has 2 nitrogen and oxygen atoms in total. The summed E-state index contributed by atoms with van der Waals surface area (Å²) in [6.45, 7) is 3.14. The summed E-state index contributed by atoms with van der Waals surface area (Å²) in [6.07, 6.45) is 5.98. The van der Waals surface area contributed by atoms with Crippen LogP contribution in [0, 0.1) is 11.8 Å². The van der Waals surface area contributed by atoms with Gasteiger partial charge in [-0.15, -0.1) is 0 Å². The molecule has 0 radical (unpaired) electrons. The van der Waals surface area contributed by atoms with E-state index >= 15 is 0 Å². The highest BCUT2D eigenvalue weighted by molar-refractivity contribution is 9.09. The zero-order valence-corrected chi connectivity index (χ0v) is 11.0. The minimum absolute atomic E-state index is 0.362. The topological polar surface area (TPSA) is 20.3 Å². The van der Waals surface area contributed by atoms with Gasteiger partial charge in [-0.05, 0) is 38.0 Å². The Balaban J connectivity index is 1.88. The summed E-state index contributed by atoms with van der Waals surface area (Å²) in [5, 5.41) is 1.00. The molecular weight excluding hydrogens is 254 g/mol. The molecule has 0 bridgehead atoms. The summed E-state index contributed by atoms with van der Waals surface area (Å²) in [4.78, 5) is 14.3. The Labute approximate surface area is 101 Å². The lowest BCUT2D eigenvalue weighted by Crippen LogP contribution is -2.45. The largest absolute Gasteiger partial charge is 0.339 e. The number of hydrogen-bond donors (Lipinski definition) is 0. The first kappa shape index (κ1) is 11.4. The highest BCUT2D eigenvalue weighted by Gasteiger charge is 2.43. The minimum Gasteiger partial charge on any atom is -0.339 e. The molecule has 15 heavy (non-hydrogen) atoms. The molecule has 1 amide bonds. The summed E-state index contributed by atoms with van der Waals surface area (Å²) in [5.74, 6) is 1.44. The maximum atomic E-state index is 12.2. The lowest BCUT2D eigenvalue weighted by atomic mass is 9.91. The number of carbonyl (C=O) groups is 1. The second-order valence-corrected chi connectivity index (χ2v) is 5.77. The number of nitrogens with zero attached hydrogens (tertiary/aromatic N) is 1. The average molecular weight is 274 g/mol. The number of carbonyl (C=O) groups excluding carboxylic acids is 1. The van der Waals surface area contributed by atoms with Crippen LogP contribution in [0.2, 0.25) is 0 Å². The first-order chi connectivity index (χ1) is 7.24. The highest BCUT2D eigenvalue weighted by Crippen LogP contribution is 2.40. The number of alkyl halides is 1. The Morgan fingerprint density at radius 3 is 2.53 bits per heavy atom. The summed E-state index contributed by atoms with van der Waals surface area (Å²) in [7, 11) is 0. The van der Waals surface area contributed by atoms with Crippen LogP contribution in [0.3, 0.4) is 0 Å². The normalized spacial score (nSPS) is 29.7. The van der Waals surface area contributed by atoms with Gasteiger partial charge < -0.3 is 4.90 Å². The van der Waals surface area contributed by atoms with Crippen molar-refractivity contribution in [1.29, 1.82) is 0 Å². The van der Waals surface area contributed by atoms with Gasteiger partial charge >= 0.3 is 0 Å². The second kappa shape index (κ2) is 4.86. The molecule has 0 saturated heterocycles. The van der Waals surface area contributed by atoms with Gasteiger partial charge in [-0.2, -0.15) is 0 Å². The predicted molar refractivity (Wildman–Crippen MR) is 65.0 cm³/mol. The van der Waals surface area contributed by atoms with E-state index in [1.54, 1.807) is 0 Å². The quantitative estimate of drug-likeness (QED) is 0.706. The monoisotopic (exact) mass is 273 g/mol. The smallest absolute Gasteiger partial charge is 0.226 e. The third kappa shape index (κ3) is 2.55. The van der Waals surface area contributed by atoms with Crippen LogP contribution < -0.4 is 0 Å². The van der Waals surface area contributed by atoms with Crippen molar-refractivity contribution >= 4 is 21.8 Å². The molecule has 2 saturated carbocycles. The van der Waals surface area contributed by atoms with Crippen molar-refractivity contribution in [2.75, 3.05) is 11.9 Å². The molecule has 2 aliphatic rings. The molecule has 86 valence electrons. The summed E-state index contributed by atoms with van der Waals surface area (Å²) < 4.78 is 0. The van der Waals surface area contributed by atoms with Crippen LogP contribution in [-0.2, 0) is 4.79 Å². The van der Waals surface area contributed by atoms with E-state index in [4.69, 9.17) is 0 Å². The van der Waals surface area contributed by atoms with Crippen molar-refractivity contribution in [2.45, 2.75) is 45.1 Å². The van der Waals surface area contributed by atoms with Crippen molar-refractivity contribution in [3.8, 4) is 0 Å². The molecule has 2 unspecified atom stereocenters. The standard InChI is InChI=1S/C12H20BrNO/c1-9-8-11(9)12(15)14(7-3-6-13)10-4-2-5-10/h9-11H,2-8H2,1H3. The molecule has 2 fully saturated rings. The van der Waals surface area contributed by atoms with Crippen molar-refractivity contribution in [3.05, 3.63) is 0 Å². The SMILES string of the molecule is CC1CC1C(=O)N(CCCBr)C1CCC1. The first-order valence-corrected chi connectivity index (χ1v) is 7.22. The van der Waals surface area contributed by atoms with E-state index in [-0.39, 0.29) is 0 Å². The summed E-state index contributed by atoms with van der Waals surface area (Å²) >= 11 is 3.44. The number of rotatable bonds is 5. The second-order valence-electron chi connectivity index (χ2n) is 4.98. The van der Waals surface area contributed by atoms with Gasteiger partial charge in [0.05, 0.1) is 0 Å². The van der Waals surface area contributed by atoms with Gasteiger partial charge in [-0.25, -0.2) is 0 Å².